The van der Waals surface area contributed by atoms with Gasteiger partial charge in [-0.25, -0.2) is 0 Å². The van der Waals surface area contributed by atoms with Crippen LogP contribution in [0.25, 0.3) is 0 Å². The van der Waals surface area contributed by atoms with E-state index >= 15 is 0 Å². The smallest absolute Gasteiger partial charge is 0.228 e. The summed E-state index contributed by atoms with van der Waals surface area (Å²) in [4.78, 5) is 13.4. The first kappa shape index (κ1) is 10.5. The van der Waals surface area contributed by atoms with E-state index in [1.807, 2.05) is 20.8 Å². The highest BCUT2D eigenvalue weighted by Crippen LogP contribution is 2.18. The maximum atomic E-state index is 11.7. The van der Waals surface area contributed by atoms with Gasteiger partial charge in [0.25, 0.3) is 0 Å². The number of aliphatic hydroxyl groups excluding tert-OH is 1. The highest BCUT2D eigenvalue weighted by atomic mass is 16.6. The Balaban J connectivity index is 2.56. The number of hydrogen-bond acceptors (Lipinski definition) is 3. The minimum absolute atomic E-state index is 0.0647. The van der Waals surface area contributed by atoms with Crippen molar-refractivity contribution in [3.63, 3.8) is 0 Å². The predicted molar refractivity (Wildman–Crippen MR) is 48.0 cm³/mol. The minimum atomic E-state index is -0.819. The van der Waals surface area contributed by atoms with Gasteiger partial charge in [0.1, 0.15) is 0 Å². The average Bonchev–Trinajstić information content (AvgIpc) is 2.01. The third-order valence-electron chi connectivity index (χ3n) is 1.98. The van der Waals surface area contributed by atoms with E-state index in [-0.39, 0.29) is 17.9 Å². The van der Waals surface area contributed by atoms with Crippen LogP contribution in [-0.2, 0) is 9.53 Å². The Kier molecular flexibility index (Phi) is 2.93. The molecule has 0 aromatic carbocycles. The van der Waals surface area contributed by atoms with Crippen LogP contribution in [0.2, 0.25) is 0 Å². The first-order chi connectivity index (χ1) is 5.91. The molecule has 1 heterocycles. The Hall–Kier alpha value is -0.610. The highest BCUT2D eigenvalue weighted by molar-refractivity contribution is 5.81. The molecule has 1 saturated heterocycles. The Morgan fingerprint density at radius 2 is 2.15 bits per heavy atom. The fourth-order valence-corrected chi connectivity index (χ4v) is 1.29. The molecule has 1 fully saturated rings. The van der Waals surface area contributed by atoms with Crippen LogP contribution in [0.15, 0.2) is 0 Å². The summed E-state index contributed by atoms with van der Waals surface area (Å²) < 4.78 is 4.93. The molecule has 0 radical (unpaired) electrons. The van der Waals surface area contributed by atoms with E-state index in [9.17, 15) is 9.90 Å². The molecule has 0 aliphatic carbocycles. The van der Waals surface area contributed by atoms with Crippen LogP contribution in [0.5, 0.6) is 0 Å². The van der Waals surface area contributed by atoms with Gasteiger partial charge in [0.15, 0.2) is 6.29 Å². The van der Waals surface area contributed by atoms with Gasteiger partial charge < -0.3 is 14.7 Å². The van der Waals surface area contributed by atoms with Gasteiger partial charge in [-0.05, 0) is 0 Å². The summed E-state index contributed by atoms with van der Waals surface area (Å²) in [6.45, 7) is 6.90. The number of nitrogens with zero attached hydrogens (tertiary/aromatic N) is 1. The van der Waals surface area contributed by atoms with Crippen LogP contribution < -0.4 is 0 Å². The molecular formula is C9H17NO3. The van der Waals surface area contributed by atoms with Crippen molar-refractivity contribution in [1.29, 1.82) is 0 Å². The van der Waals surface area contributed by atoms with Crippen LogP contribution in [0.1, 0.15) is 20.8 Å². The molecule has 1 atom stereocenters. The molecule has 1 amide bonds. The molecule has 0 spiro atoms. The Labute approximate surface area is 78.5 Å². The average molecular weight is 187 g/mol. The van der Waals surface area contributed by atoms with E-state index < -0.39 is 6.29 Å². The van der Waals surface area contributed by atoms with Crippen molar-refractivity contribution in [1.82, 2.24) is 4.90 Å². The molecule has 0 saturated carbocycles. The van der Waals surface area contributed by atoms with Crippen LogP contribution in [0.3, 0.4) is 0 Å². The molecule has 76 valence electrons. The van der Waals surface area contributed by atoms with Gasteiger partial charge in [-0.2, -0.15) is 0 Å². The highest BCUT2D eigenvalue weighted by Gasteiger charge is 2.30. The summed E-state index contributed by atoms with van der Waals surface area (Å²) >= 11 is 0. The number of amides is 1. The Morgan fingerprint density at radius 3 is 2.62 bits per heavy atom. The molecule has 0 bridgehead atoms. The Bertz CT molecular complexity index is 198. The van der Waals surface area contributed by atoms with Crippen molar-refractivity contribution in [2.45, 2.75) is 27.1 Å². The van der Waals surface area contributed by atoms with Crippen molar-refractivity contribution in [3.8, 4) is 0 Å². The number of carbonyl (C=O) groups excluding carboxylic acids is 1. The van der Waals surface area contributed by atoms with Gasteiger partial charge in [-0.1, -0.05) is 20.8 Å². The van der Waals surface area contributed by atoms with E-state index in [0.29, 0.717) is 13.2 Å². The summed E-state index contributed by atoms with van der Waals surface area (Å²) in [6.07, 6.45) is -0.819. The third-order valence-corrected chi connectivity index (χ3v) is 1.98. The number of rotatable bonds is 0. The molecule has 1 N–H and O–H groups in total. The van der Waals surface area contributed by atoms with E-state index in [4.69, 9.17) is 4.74 Å². The minimum Gasteiger partial charge on any atom is -0.366 e. The second kappa shape index (κ2) is 3.64. The normalized spacial score (nSPS) is 24.6. The molecule has 0 aromatic heterocycles. The Morgan fingerprint density at radius 1 is 1.54 bits per heavy atom. The summed E-state index contributed by atoms with van der Waals surface area (Å²) in [5, 5.41) is 9.18. The molecule has 0 unspecified atom stereocenters. The van der Waals surface area contributed by atoms with Crippen LogP contribution in [-0.4, -0.2) is 41.9 Å². The molecule has 4 heteroatoms. The molecule has 4 nitrogen and oxygen atoms in total. The lowest BCUT2D eigenvalue weighted by Gasteiger charge is -2.34. The van der Waals surface area contributed by atoms with E-state index in [1.165, 1.54) is 0 Å². The maximum Gasteiger partial charge on any atom is 0.228 e. The van der Waals surface area contributed by atoms with Gasteiger partial charge in [0, 0.05) is 12.0 Å². The third kappa shape index (κ3) is 2.67. The zero-order valence-corrected chi connectivity index (χ0v) is 8.41. The number of β-amino-alcohol motifs (C(OH)–C–C–N with tert-alkyl or cyclic N) is 1. The summed E-state index contributed by atoms with van der Waals surface area (Å²) in [7, 11) is 0. The summed E-state index contributed by atoms with van der Waals surface area (Å²) in [5.41, 5.74) is -0.378. The fourth-order valence-electron chi connectivity index (χ4n) is 1.29. The van der Waals surface area contributed by atoms with Crippen LogP contribution in [0, 0.1) is 5.41 Å². The van der Waals surface area contributed by atoms with E-state index in [0.717, 1.165) is 0 Å². The summed E-state index contributed by atoms with van der Waals surface area (Å²) in [6, 6.07) is 0. The van der Waals surface area contributed by atoms with Gasteiger partial charge in [-0.3, -0.25) is 4.79 Å². The first-order valence-electron chi connectivity index (χ1n) is 4.50. The summed E-state index contributed by atoms with van der Waals surface area (Å²) in [5.74, 6) is 0.0647. The van der Waals surface area contributed by atoms with Crippen LogP contribution >= 0.6 is 0 Å². The van der Waals surface area contributed by atoms with E-state index in [2.05, 4.69) is 0 Å². The lowest BCUT2D eigenvalue weighted by Crippen LogP contribution is -2.49. The standard InChI is InChI=1S/C9H17NO3/c1-9(2,3)8(12)10-4-5-13-7(11)6-10/h7,11H,4-6H2,1-3H3/t7-/m1/s1. The SMILES string of the molecule is CC(C)(C)C(=O)N1CCO[C@@H](O)C1. The predicted octanol–water partition coefficient (Wildman–Crippen LogP) is 0.210. The largest absolute Gasteiger partial charge is 0.366 e. The quantitative estimate of drug-likeness (QED) is 0.589. The molecule has 1 rings (SSSR count). The zero-order chi connectivity index (χ0) is 10.1. The monoisotopic (exact) mass is 187 g/mol. The fraction of sp³-hybridized carbons (Fsp3) is 0.889. The van der Waals surface area contributed by atoms with Crippen molar-refractivity contribution in [3.05, 3.63) is 0 Å². The maximum absolute atomic E-state index is 11.7. The lowest BCUT2D eigenvalue weighted by atomic mass is 9.94. The number of ether oxygens (including phenoxy) is 1. The van der Waals surface area contributed by atoms with E-state index in [1.54, 1.807) is 4.90 Å². The van der Waals surface area contributed by atoms with Crippen molar-refractivity contribution in [2.75, 3.05) is 19.7 Å². The zero-order valence-electron chi connectivity index (χ0n) is 8.41. The van der Waals surface area contributed by atoms with Crippen molar-refractivity contribution >= 4 is 5.91 Å². The number of morpholine rings is 1. The van der Waals surface area contributed by atoms with Crippen molar-refractivity contribution in [2.24, 2.45) is 5.41 Å². The van der Waals surface area contributed by atoms with Gasteiger partial charge in [0.05, 0.1) is 13.2 Å². The molecule has 0 aromatic rings. The van der Waals surface area contributed by atoms with Gasteiger partial charge in [0.2, 0.25) is 5.91 Å². The molecule has 1 aliphatic rings. The number of hydrogen-bond donors (Lipinski definition) is 1. The molecular weight excluding hydrogens is 170 g/mol. The van der Waals surface area contributed by atoms with Gasteiger partial charge >= 0.3 is 0 Å². The number of aliphatic hydroxyl groups is 1. The lowest BCUT2D eigenvalue weighted by molar-refractivity contribution is -0.169. The molecule has 1 aliphatic heterocycles. The first-order valence-corrected chi connectivity index (χ1v) is 4.50. The topological polar surface area (TPSA) is 49.8 Å². The van der Waals surface area contributed by atoms with Crippen LogP contribution in [0.4, 0.5) is 0 Å². The van der Waals surface area contributed by atoms with Gasteiger partial charge in [-0.15, -0.1) is 0 Å². The molecule has 13 heavy (non-hydrogen) atoms. The second-order valence-corrected chi connectivity index (χ2v) is 4.33. The second-order valence-electron chi connectivity index (χ2n) is 4.33. The van der Waals surface area contributed by atoms with Crippen molar-refractivity contribution < 1.29 is 14.6 Å². The number of carbonyl (C=O) groups is 1.